The van der Waals surface area contributed by atoms with Gasteiger partial charge < -0.3 is 14.3 Å². The Balaban J connectivity index is 1.57. The Hall–Kier alpha value is -3.02. The molecule has 1 aliphatic heterocycles. The van der Waals surface area contributed by atoms with Crippen LogP contribution in [0.2, 0.25) is 0 Å². The Labute approximate surface area is 194 Å². The van der Waals surface area contributed by atoms with E-state index in [0.29, 0.717) is 29.7 Å². The van der Waals surface area contributed by atoms with Gasteiger partial charge in [-0.3, -0.25) is 14.5 Å². The molecule has 0 spiro atoms. The van der Waals surface area contributed by atoms with E-state index in [1.807, 2.05) is 41.8 Å². The van der Waals surface area contributed by atoms with Gasteiger partial charge in [-0.05, 0) is 49.3 Å². The first-order valence-electron chi connectivity index (χ1n) is 12.1. The SMILES string of the molecule is CCc1ccc(N2C(=O)c3cc4occc4n3C[C@]2(C)C(=O)N[C@@H]2CCC[C@@H](C)[C@@H]2C)cc1. The fraction of sp³-hybridized carbons (Fsp3) is 0.481. The quantitative estimate of drug-likeness (QED) is 0.601. The molecular formula is C27H33N3O3. The number of furan rings is 1. The first-order chi connectivity index (χ1) is 15.8. The molecule has 4 atom stereocenters. The van der Waals surface area contributed by atoms with Gasteiger partial charge in [0.1, 0.15) is 11.2 Å². The summed E-state index contributed by atoms with van der Waals surface area (Å²) in [5, 5.41) is 3.35. The number of nitrogens with one attached hydrogen (secondary N) is 1. The third-order valence-electron chi connectivity index (χ3n) is 8.02. The molecule has 5 rings (SSSR count). The van der Waals surface area contributed by atoms with Gasteiger partial charge in [0.2, 0.25) is 5.91 Å². The minimum Gasteiger partial charge on any atom is -0.463 e. The van der Waals surface area contributed by atoms with Crippen LogP contribution in [0, 0.1) is 11.8 Å². The average Bonchev–Trinajstić information content (AvgIpc) is 3.40. The van der Waals surface area contributed by atoms with E-state index >= 15 is 0 Å². The molecule has 2 amide bonds. The van der Waals surface area contributed by atoms with Crippen molar-refractivity contribution in [2.75, 3.05) is 4.90 Å². The van der Waals surface area contributed by atoms with Gasteiger partial charge in [0.25, 0.3) is 5.91 Å². The number of carbonyl (C=O) groups is 2. The molecule has 0 saturated heterocycles. The zero-order valence-corrected chi connectivity index (χ0v) is 19.9. The van der Waals surface area contributed by atoms with Gasteiger partial charge in [-0.15, -0.1) is 0 Å². The number of amides is 2. The summed E-state index contributed by atoms with van der Waals surface area (Å²) in [6, 6.07) is 11.7. The molecule has 1 fully saturated rings. The number of nitrogens with zero attached hydrogens (tertiary/aromatic N) is 2. The van der Waals surface area contributed by atoms with Gasteiger partial charge in [-0.1, -0.05) is 45.7 Å². The predicted octanol–water partition coefficient (Wildman–Crippen LogP) is 5.16. The number of carbonyl (C=O) groups excluding carboxylic acids is 2. The summed E-state index contributed by atoms with van der Waals surface area (Å²) in [4.78, 5) is 29.5. The van der Waals surface area contributed by atoms with Crippen LogP contribution in [0.25, 0.3) is 11.1 Å². The third-order valence-corrected chi connectivity index (χ3v) is 8.02. The molecule has 33 heavy (non-hydrogen) atoms. The standard InChI is InChI=1S/C27H33N3O3/c1-5-19-9-11-20(12-10-19)30-25(31)23-15-24-22(13-14-33-24)29(23)16-27(30,4)26(32)28-21-8-6-7-17(2)18(21)3/h9-15,17-18,21H,5-8,16H2,1-4H3,(H,28,32)/t17-,18+,21-,27-/m1/s1. The van der Waals surface area contributed by atoms with Gasteiger partial charge in [-0.25, -0.2) is 0 Å². The van der Waals surface area contributed by atoms with E-state index in [1.165, 1.54) is 12.0 Å². The van der Waals surface area contributed by atoms with Crippen molar-refractivity contribution in [1.29, 1.82) is 0 Å². The zero-order valence-electron chi connectivity index (χ0n) is 19.9. The van der Waals surface area contributed by atoms with Crippen LogP contribution in [-0.4, -0.2) is 28.0 Å². The minimum atomic E-state index is -1.07. The molecule has 2 aromatic heterocycles. The lowest BCUT2D eigenvalue weighted by atomic mass is 9.77. The molecule has 1 saturated carbocycles. The van der Waals surface area contributed by atoms with E-state index in [9.17, 15) is 9.59 Å². The summed E-state index contributed by atoms with van der Waals surface area (Å²) in [5.41, 5.74) is 2.93. The van der Waals surface area contributed by atoms with Crippen LogP contribution in [0.1, 0.15) is 63.0 Å². The molecule has 0 unspecified atom stereocenters. The van der Waals surface area contributed by atoms with E-state index in [1.54, 1.807) is 17.2 Å². The van der Waals surface area contributed by atoms with Gasteiger partial charge in [-0.2, -0.15) is 0 Å². The van der Waals surface area contributed by atoms with E-state index < -0.39 is 5.54 Å². The number of hydrogen-bond acceptors (Lipinski definition) is 3. The van der Waals surface area contributed by atoms with Crippen molar-refractivity contribution in [2.24, 2.45) is 11.8 Å². The number of aryl methyl sites for hydroxylation is 1. The molecule has 1 aliphatic carbocycles. The minimum absolute atomic E-state index is 0.0997. The second-order valence-corrected chi connectivity index (χ2v) is 10.1. The predicted molar refractivity (Wildman–Crippen MR) is 129 cm³/mol. The second-order valence-electron chi connectivity index (χ2n) is 10.1. The number of fused-ring (bicyclic) bond motifs is 3. The van der Waals surface area contributed by atoms with Crippen LogP contribution in [0.4, 0.5) is 5.69 Å². The molecule has 6 heteroatoms. The van der Waals surface area contributed by atoms with Crippen molar-refractivity contribution >= 4 is 28.6 Å². The summed E-state index contributed by atoms with van der Waals surface area (Å²) >= 11 is 0. The molecular weight excluding hydrogens is 414 g/mol. The van der Waals surface area contributed by atoms with Crippen LogP contribution in [0.5, 0.6) is 0 Å². The Bertz CT molecular complexity index is 1190. The van der Waals surface area contributed by atoms with E-state index in [2.05, 4.69) is 26.1 Å². The van der Waals surface area contributed by atoms with Crippen molar-refractivity contribution in [3.63, 3.8) is 0 Å². The van der Waals surface area contributed by atoms with Crippen LogP contribution in [0.15, 0.2) is 47.1 Å². The lowest BCUT2D eigenvalue weighted by Crippen LogP contribution is -2.66. The van der Waals surface area contributed by atoms with E-state index in [-0.39, 0.29) is 17.9 Å². The van der Waals surface area contributed by atoms with Crippen molar-refractivity contribution < 1.29 is 14.0 Å². The highest BCUT2D eigenvalue weighted by molar-refractivity contribution is 6.13. The summed E-state index contributed by atoms with van der Waals surface area (Å²) in [7, 11) is 0. The molecule has 6 nitrogen and oxygen atoms in total. The first kappa shape index (κ1) is 21.8. The van der Waals surface area contributed by atoms with Crippen LogP contribution in [-0.2, 0) is 17.8 Å². The maximum atomic E-state index is 14.0. The largest absolute Gasteiger partial charge is 0.463 e. The van der Waals surface area contributed by atoms with Gasteiger partial charge in [0, 0.05) is 23.9 Å². The third kappa shape index (κ3) is 3.47. The summed E-state index contributed by atoms with van der Waals surface area (Å²) in [5.74, 6) is 0.701. The Morgan fingerprint density at radius 1 is 1.18 bits per heavy atom. The highest BCUT2D eigenvalue weighted by Gasteiger charge is 2.49. The lowest BCUT2D eigenvalue weighted by Gasteiger charge is -2.45. The molecule has 0 bridgehead atoms. The number of anilines is 1. The van der Waals surface area contributed by atoms with Crippen LogP contribution >= 0.6 is 0 Å². The van der Waals surface area contributed by atoms with Gasteiger partial charge >= 0.3 is 0 Å². The monoisotopic (exact) mass is 447 g/mol. The number of hydrogen-bond donors (Lipinski definition) is 1. The molecule has 2 aliphatic rings. The highest BCUT2D eigenvalue weighted by atomic mass is 16.3. The van der Waals surface area contributed by atoms with Gasteiger partial charge in [0.15, 0.2) is 5.58 Å². The Morgan fingerprint density at radius 2 is 1.94 bits per heavy atom. The van der Waals surface area contributed by atoms with Crippen LogP contribution < -0.4 is 10.2 Å². The summed E-state index contributed by atoms with van der Waals surface area (Å²) in [6.07, 6.45) is 5.84. The fourth-order valence-electron chi connectivity index (χ4n) is 5.61. The summed E-state index contributed by atoms with van der Waals surface area (Å²) in [6.45, 7) is 8.85. The van der Waals surface area contributed by atoms with Crippen molar-refractivity contribution in [3.05, 3.63) is 53.9 Å². The maximum absolute atomic E-state index is 14.0. The van der Waals surface area contributed by atoms with Crippen molar-refractivity contribution in [2.45, 2.75) is 71.5 Å². The van der Waals surface area contributed by atoms with Crippen LogP contribution in [0.3, 0.4) is 0 Å². The summed E-state index contributed by atoms with van der Waals surface area (Å²) < 4.78 is 7.51. The number of benzene rings is 1. The lowest BCUT2D eigenvalue weighted by molar-refractivity contribution is -0.128. The van der Waals surface area contributed by atoms with Crippen molar-refractivity contribution in [1.82, 2.24) is 9.88 Å². The molecule has 1 aromatic carbocycles. The zero-order chi connectivity index (χ0) is 23.3. The van der Waals surface area contributed by atoms with E-state index in [4.69, 9.17) is 4.42 Å². The smallest absolute Gasteiger partial charge is 0.276 e. The van der Waals surface area contributed by atoms with E-state index in [0.717, 1.165) is 30.5 Å². The Kier molecular flexibility index (Phi) is 5.34. The van der Waals surface area contributed by atoms with Crippen molar-refractivity contribution in [3.8, 4) is 0 Å². The normalized spacial score (nSPS) is 27.6. The average molecular weight is 448 g/mol. The number of aromatic nitrogens is 1. The molecule has 0 radical (unpaired) electrons. The molecule has 174 valence electrons. The second kappa shape index (κ2) is 8.08. The van der Waals surface area contributed by atoms with Gasteiger partial charge in [0.05, 0.1) is 18.3 Å². The Morgan fingerprint density at radius 3 is 2.67 bits per heavy atom. The number of rotatable bonds is 4. The highest BCUT2D eigenvalue weighted by Crippen LogP contribution is 2.37. The topological polar surface area (TPSA) is 67.5 Å². The fourth-order valence-corrected chi connectivity index (χ4v) is 5.61. The first-order valence-corrected chi connectivity index (χ1v) is 12.1. The molecule has 3 heterocycles. The maximum Gasteiger partial charge on any atom is 0.276 e. The molecule has 1 N–H and O–H groups in total. The molecule has 3 aromatic rings.